The lowest BCUT2D eigenvalue weighted by Gasteiger charge is -2.12. The predicted octanol–water partition coefficient (Wildman–Crippen LogP) is 1.10. The molecule has 82 valence electrons. The Bertz CT molecular complexity index is 335. The summed E-state index contributed by atoms with van der Waals surface area (Å²) in [6.45, 7) is 3.68. The van der Waals surface area contributed by atoms with Gasteiger partial charge in [-0.15, -0.1) is 0 Å². The molecule has 1 aromatic heterocycles. The van der Waals surface area contributed by atoms with Crippen molar-refractivity contribution in [3.63, 3.8) is 0 Å². The third-order valence-electron chi connectivity index (χ3n) is 2.71. The summed E-state index contributed by atoms with van der Waals surface area (Å²) in [5.41, 5.74) is 7.28. The van der Waals surface area contributed by atoms with Crippen LogP contribution in [0.1, 0.15) is 18.5 Å². The fourth-order valence-corrected chi connectivity index (χ4v) is 1.70. The van der Waals surface area contributed by atoms with Crippen molar-refractivity contribution in [1.82, 2.24) is 10.3 Å². The molecule has 0 unspecified atom stereocenters. The van der Waals surface area contributed by atoms with E-state index in [0.717, 1.165) is 18.0 Å². The fraction of sp³-hybridized carbons (Fsp3) is 0.545. The monoisotopic (exact) mass is 207 g/mol. The highest BCUT2D eigenvalue weighted by Gasteiger charge is 2.14. The van der Waals surface area contributed by atoms with Crippen LogP contribution in [-0.2, 0) is 0 Å². The fourth-order valence-electron chi connectivity index (χ4n) is 1.70. The number of nitrogen functional groups attached to an aromatic ring is 1. The van der Waals surface area contributed by atoms with Crippen molar-refractivity contribution in [3.05, 3.63) is 18.0 Å². The number of nitrogens with one attached hydrogen (secondary N) is 1. The van der Waals surface area contributed by atoms with Gasteiger partial charge < -0.3 is 15.8 Å². The smallest absolute Gasteiger partial charge is 0.139 e. The van der Waals surface area contributed by atoms with Gasteiger partial charge >= 0.3 is 0 Å². The quantitative estimate of drug-likeness (QED) is 0.779. The third-order valence-corrected chi connectivity index (χ3v) is 2.71. The SMILES string of the molecule is Cc1ncc(OC[C@@H]2CCCN2)cc1N. The molecule has 1 atom stereocenters. The summed E-state index contributed by atoms with van der Waals surface area (Å²) in [5.74, 6) is 0.756. The van der Waals surface area contributed by atoms with Crippen molar-refractivity contribution in [2.45, 2.75) is 25.8 Å². The molecule has 2 rings (SSSR count). The lowest BCUT2D eigenvalue weighted by atomic mass is 10.2. The second kappa shape index (κ2) is 4.49. The highest BCUT2D eigenvalue weighted by molar-refractivity contribution is 5.46. The molecule has 15 heavy (non-hydrogen) atoms. The summed E-state index contributed by atoms with van der Waals surface area (Å²) in [6, 6.07) is 2.31. The van der Waals surface area contributed by atoms with E-state index in [4.69, 9.17) is 10.5 Å². The topological polar surface area (TPSA) is 60.2 Å². The molecule has 1 fully saturated rings. The van der Waals surface area contributed by atoms with Crippen LogP contribution in [-0.4, -0.2) is 24.2 Å². The van der Waals surface area contributed by atoms with E-state index in [2.05, 4.69) is 10.3 Å². The first kappa shape index (κ1) is 10.2. The number of nitrogens with two attached hydrogens (primary N) is 1. The van der Waals surface area contributed by atoms with Crippen molar-refractivity contribution in [1.29, 1.82) is 0 Å². The summed E-state index contributed by atoms with van der Waals surface area (Å²) < 4.78 is 5.62. The van der Waals surface area contributed by atoms with Crippen LogP contribution in [0.3, 0.4) is 0 Å². The van der Waals surface area contributed by atoms with Gasteiger partial charge in [0.1, 0.15) is 12.4 Å². The minimum atomic E-state index is 0.479. The van der Waals surface area contributed by atoms with Crippen molar-refractivity contribution in [2.75, 3.05) is 18.9 Å². The number of pyridine rings is 1. The Kier molecular flexibility index (Phi) is 3.06. The minimum absolute atomic E-state index is 0.479. The molecule has 3 N–H and O–H groups in total. The van der Waals surface area contributed by atoms with Gasteiger partial charge in [-0.3, -0.25) is 4.98 Å². The third kappa shape index (κ3) is 2.59. The number of ether oxygens (including phenoxy) is 1. The van der Waals surface area contributed by atoms with E-state index in [1.54, 1.807) is 6.20 Å². The van der Waals surface area contributed by atoms with Crippen molar-refractivity contribution in [2.24, 2.45) is 0 Å². The number of hydrogen-bond acceptors (Lipinski definition) is 4. The number of aromatic nitrogens is 1. The Morgan fingerprint density at radius 3 is 3.20 bits per heavy atom. The van der Waals surface area contributed by atoms with E-state index >= 15 is 0 Å². The molecule has 0 amide bonds. The predicted molar refractivity (Wildman–Crippen MR) is 59.9 cm³/mol. The molecular formula is C11H17N3O. The van der Waals surface area contributed by atoms with Crippen LogP contribution in [0.2, 0.25) is 0 Å². The van der Waals surface area contributed by atoms with Gasteiger partial charge in [0.05, 0.1) is 17.6 Å². The molecule has 0 spiro atoms. The Labute approximate surface area is 89.8 Å². The summed E-state index contributed by atoms with van der Waals surface area (Å²) in [5, 5.41) is 3.38. The van der Waals surface area contributed by atoms with Crippen molar-refractivity contribution in [3.8, 4) is 5.75 Å². The minimum Gasteiger partial charge on any atom is -0.490 e. The second-order valence-electron chi connectivity index (χ2n) is 3.95. The van der Waals surface area contributed by atoms with Crippen LogP contribution in [0, 0.1) is 6.92 Å². The maximum absolute atomic E-state index is 5.75. The molecule has 0 saturated carbocycles. The maximum Gasteiger partial charge on any atom is 0.139 e. The molecule has 0 aliphatic carbocycles. The van der Waals surface area contributed by atoms with Gasteiger partial charge in [0.15, 0.2) is 0 Å². The number of hydrogen-bond donors (Lipinski definition) is 2. The van der Waals surface area contributed by atoms with Crippen LogP contribution in [0.5, 0.6) is 5.75 Å². The standard InChI is InChI=1S/C11H17N3O/c1-8-11(12)5-10(6-14-8)15-7-9-3-2-4-13-9/h5-6,9,13H,2-4,7,12H2,1H3/t9-/m0/s1. The van der Waals surface area contributed by atoms with Crippen molar-refractivity contribution >= 4 is 5.69 Å². The zero-order chi connectivity index (χ0) is 10.7. The van der Waals surface area contributed by atoms with Crippen LogP contribution >= 0.6 is 0 Å². The highest BCUT2D eigenvalue weighted by atomic mass is 16.5. The molecular weight excluding hydrogens is 190 g/mol. The molecule has 2 heterocycles. The zero-order valence-electron chi connectivity index (χ0n) is 8.99. The number of aryl methyl sites for hydroxylation is 1. The molecule has 1 aliphatic heterocycles. The van der Waals surface area contributed by atoms with E-state index in [9.17, 15) is 0 Å². The van der Waals surface area contributed by atoms with Crippen LogP contribution in [0.15, 0.2) is 12.3 Å². The van der Waals surface area contributed by atoms with Gasteiger partial charge in [0.25, 0.3) is 0 Å². The highest BCUT2D eigenvalue weighted by Crippen LogP contribution is 2.17. The van der Waals surface area contributed by atoms with Gasteiger partial charge in [-0.2, -0.15) is 0 Å². The van der Waals surface area contributed by atoms with Crippen LogP contribution < -0.4 is 15.8 Å². The average Bonchev–Trinajstić information content (AvgIpc) is 2.73. The summed E-state index contributed by atoms with van der Waals surface area (Å²) in [6.07, 6.45) is 4.15. The summed E-state index contributed by atoms with van der Waals surface area (Å²) >= 11 is 0. The first-order chi connectivity index (χ1) is 7.25. The molecule has 0 bridgehead atoms. The average molecular weight is 207 g/mol. The normalized spacial score (nSPS) is 20.5. The molecule has 1 aromatic rings. The zero-order valence-corrected chi connectivity index (χ0v) is 8.99. The molecule has 1 aliphatic rings. The van der Waals surface area contributed by atoms with E-state index < -0.39 is 0 Å². The Hall–Kier alpha value is -1.29. The maximum atomic E-state index is 5.75. The van der Waals surface area contributed by atoms with Gasteiger partial charge in [-0.1, -0.05) is 0 Å². The second-order valence-corrected chi connectivity index (χ2v) is 3.95. The molecule has 4 nitrogen and oxygen atoms in total. The summed E-state index contributed by atoms with van der Waals surface area (Å²) in [4.78, 5) is 4.15. The molecule has 1 saturated heterocycles. The molecule has 0 aromatic carbocycles. The van der Waals surface area contributed by atoms with E-state index in [1.165, 1.54) is 12.8 Å². The largest absolute Gasteiger partial charge is 0.490 e. The van der Waals surface area contributed by atoms with Gasteiger partial charge in [-0.05, 0) is 26.3 Å². The lowest BCUT2D eigenvalue weighted by Crippen LogP contribution is -2.28. The first-order valence-corrected chi connectivity index (χ1v) is 5.34. The molecule has 0 radical (unpaired) electrons. The van der Waals surface area contributed by atoms with Gasteiger partial charge in [-0.25, -0.2) is 0 Å². The number of nitrogens with zero attached hydrogens (tertiary/aromatic N) is 1. The Morgan fingerprint density at radius 1 is 1.67 bits per heavy atom. The lowest BCUT2D eigenvalue weighted by molar-refractivity contribution is 0.276. The van der Waals surface area contributed by atoms with Gasteiger partial charge in [0.2, 0.25) is 0 Å². The first-order valence-electron chi connectivity index (χ1n) is 5.34. The van der Waals surface area contributed by atoms with E-state index in [0.29, 0.717) is 18.3 Å². The number of anilines is 1. The van der Waals surface area contributed by atoms with E-state index in [-0.39, 0.29) is 0 Å². The van der Waals surface area contributed by atoms with Gasteiger partial charge in [0, 0.05) is 12.1 Å². The van der Waals surface area contributed by atoms with Crippen molar-refractivity contribution < 1.29 is 4.74 Å². The van der Waals surface area contributed by atoms with E-state index in [1.807, 2.05) is 13.0 Å². The number of rotatable bonds is 3. The Balaban J connectivity index is 1.90. The Morgan fingerprint density at radius 2 is 2.53 bits per heavy atom. The summed E-state index contributed by atoms with van der Waals surface area (Å²) in [7, 11) is 0. The van der Waals surface area contributed by atoms with Crippen LogP contribution in [0.4, 0.5) is 5.69 Å². The molecule has 4 heteroatoms. The van der Waals surface area contributed by atoms with Crippen LogP contribution in [0.25, 0.3) is 0 Å².